The topological polar surface area (TPSA) is 98.5 Å². The van der Waals surface area contributed by atoms with E-state index >= 15 is 0 Å². The number of amides is 1. The van der Waals surface area contributed by atoms with E-state index < -0.39 is 10.0 Å². The van der Waals surface area contributed by atoms with E-state index in [1.807, 2.05) is 19.1 Å². The number of aryl methyl sites for hydroxylation is 1. The minimum atomic E-state index is -3.86. The normalized spacial score (nSPS) is 19.2. The van der Waals surface area contributed by atoms with Crippen molar-refractivity contribution in [3.05, 3.63) is 53.1 Å². The van der Waals surface area contributed by atoms with Crippen molar-refractivity contribution in [1.82, 2.24) is 0 Å². The Hall–Kier alpha value is -2.38. The van der Waals surface area contributed by atoms with E-state index in [1.165, 1.54) is 6.07 Å². The van der Waals surface area contributed by atoms with Crippen LogP contribution in [0.3, 0.4) is 0 Å². The number of fused-ring (bicyclic) bond motifs is 1. The lowest BCUT2D eigenvalue weighted by Gasteiger charge is -2.11. The SMILES string of the molecule is Cc1ccc(NC(=O)c2cccc3c2O[C@@H](C)[C@@H]3C)cc1S(N)(=O)=O. The zero-order valence-corrected chi connectivity index (χ0v) is 15.1. The van der Waals surface area contributed by atoms with Gasteiger partial charge < -0.3 is 10.1 Å². The Labute approximate surface area is 147 Å². The Bertz CT molecular complexity index is 954. The molecule has 0 radical (unpaired) electrons. The van der Waals surface area contributed by atoms with Gasteiger partial charge in [0, 0.05) is 17.2 Å². The van der Waals surface area contributed by atoms with Crippen molar-refractivity contribution in [2.24, 2.45) is 5.14 Å². The molecule has 0 bridgehead atoms. The van der Waals surface area contributed by atoms with Crippen LogP contribution in [-0.4, -0.2) is 20.4 Å². The minimum absolute atomic E-state index is 0.00249. The molecule has 0 saturated heterocycles. The van der Waals surface area contributed by atoms with Gasteiger partial charge in [-0.3, -0.25) is 4.79 Å². The molecule has 1 heterocycles. The number of hydrogen-bond acceptors (Lipinski definition) is 4. The van der Waals surface area contributed by atoms with Crippen LogP contribution in [0, 0.1) is 6.92 Å². The fourth-order valence-electron chi connectivity index (χ4n) is 2.95. The molecular weight excluding hydrogens is 340 g/mol. The summed E-state index contributed by atoms with van der Waals surface area (Å²) in [5, 5.41) is 7.93. The summed E-state index contributed by atoms with van der Waals surface area (Å²) in [6.45, 7) is 5.66. The average Bonchev–Trinajstić information content (AvgIpc) is 2.83. The molecule has 2 atom stereocenters. The standard InChI is InChI=1S/C18H20N2O4S/c1-10-7-8-13(9-16(10)25(19,22)23)20-18(21)15-6-4-5-14-11(2)12(3)24-17(14)15/h4-9,11-12H,1-3H3,(H,20,21)(H2,19,22,23)/t11-,12-/m0/s1. The van der Waals surface area contributed by atoms with Crippen molar-refractivity contribution < 1.29 is 17.9 Å². The zero-order valence-electron chi connectivity index (χ0n) is 14.2. The van der Waals surface area contributed by atoms with E-state index in [0.717, 1.165) is 5.56 Å². The number of anilines is 1. The molecule has 2 aromatic rings. The first kappa shape index (κ1) is 17.4. The van der Waals surface area contributed by atoms with Gasteiger partial charge in [-0.05, 0) is 37.6 Å². The molecule has 6 nitrogen and oxygen atoms in total. The Balaban J connectivity index is 1.93. The smallest absolute Gasteiger partial charge is 0.259 e. The third kappa shape index (κ3) is 3.25. The van der Waals surface area contributed by atoms with Gasteiger partial charge in [-0.15, -0.1) is 0 Å². The predicted molar refractivity (Wildman–Crippen MR) is 95.5 cm³/mol. The van der Waals surface area contributed by atoms with Crippen LogP contribution in [0.25, 0.3) is 0 Å². The Morgan fingerprint density at radius 1 is 1.20 bits per heavy atom. The molecule has 7 heteroatoms. The fourth-order valence-corrected chi connectivity index (χ4v) is 3.76. The number of ether oxygens (including phenoxy) is 1. The summed E-state index contributed by atoms with van der Waals surface area (Å²) in [4.78, 5) is 12.6. The Morgan fingerprint density at radius 2 is 1.92 bits per heavy atom. The van der Waals surface area contributed by atoms with Crippen LogP contribution in [-0.2, 0) is 10.0 Å². The van der Waals surface area contributed by atoms with Gasteiger partial charge in [0.25, 0.3) is 5.91 Å². The molecule has 1 aliphatic heterocycles. The number of nitrogens with one attached hydrogen (secondary N) is 1. The maximum Gasteiger partial charge on any atom is 0.259 e. The van der Waals surface area contributed by atoms with Gasteiger partial charge in [0.15, 0.2) is 0 Å². The lowest BCUT2D eigenvalue weighted by molar-refractivity contribution is 0.102. The van der Waals surface area contributed by atoms with Crippen LogP contribution in [0.15, 0.2) is 41.3 Å². The van der Waals surface area contributed by atoms with Crippen LogP contribution in [0.4, 0.5) is 5.69 Å². The van der Waals surface area contributed by atoms with Gasteiger partial charge in [-0.25, -0.2) is 13.6 Å². The van der Waals surface area contributed by atoms with Crippen molar-refractivity contribution in [2.45, 2.75) is 37.7 Å². The molecule has 1 aliphatic rings. The molecular formula is C18H20N2O4S. The third-order valence-electron chi connectivity index (χ3n) is 4.54. The van der Waals surface area contributed by atoms with Crippen molar-refractivity contribution in [2.75, 3.05) is 5.32 Å². The lowest BCUT2D eigenvalue weighted by atomic mass is 9.97. The zero-order chi connectivity index (χ0) is 18.4. The molecule has 25 heavy (non-hydrogen) atoms. The molecule has 0 spiro atoms. The van der Waals surface area contributed by atoms with Gasteiger partial charge in [0.2, 0.25) is 10.0 Å². The van der Waals surface area contributed by atoms with Gasteiger partial charge in [0.05, 0.1) is 10.5 Å². The van der Waals surface area contributed by atoms with E-state index in [2.05, 4.69) is 12.2 Å². The first-order valence-electron chi connectivity index (χ1n) is 7.93. The van der Waals surface area contributed by atoms with Crippen LogP contribution in [0.2, 0.25) is 0 Å². The molecule has 1 amide bonds. The Morgan fingerprint density at radius 3 is 2.60 bits per heavy atom. The molecule has 132 valence electrons. The summed E-state index contributed by atoms with van der Waals surface area (Å²) in [5.74, 6) is 0.428. The molecule has 3 rings (SSSR count). The quantitative estimate of drug-likeness (QED) is 0.879. The number of nitrogens with two attached hydrogens (primary N) is 1. The minimum Gasteiger partial charge on any atom is -0.489 e. The first-order chi connectivity index (χ1) is 11.7. The van der Waals surface area contributed by atoms with Crippen molar-refractivity contribution in [1.29, 1.82) is 0 Å². The molecule has 0 aliphatic carbocycles. The van der Waals surface area contributed by atoms with Crippen LogP contribution >= 0.6 is 0 Å². The third-order valence-corrected chi connectivity index (χ3v) is 5.59. The molecule has 3 N–H and O–H groups in total. The van der Waals surface area contributed by atoms with Crippen molar-refractivity contribution >= 4 is 21.6 Å². The number of sulfonamides is 1. The highest BCUT2D eigenvalue weighted by atomic mass is 32.2. The first-order valence-corrected chi connectivity index (χ1v) is 9.47. The second kappa shape index (κ2) is 6.16. The maximum absolute atomic E-state index is 12.7. The van der Waals surface area contributed by atoms with E-state index in [9.17, 15) is 13.2 Å². The number of carbonyl (C=O) groups excluding carboxylic acids is 1. The van der Waals surface area contributed by atoms with E-state index in [4.69, 9.17) is 9.88 Å². The van der Waals surface area contributed by atoms with Crippen LogP contribution in [0.5, 0.6) is 5.75 Å². The molecule has 0 unspecified atom stereocenters. The highest BCUT2D eigenvalue weighted by Crippen LogP contribution is 2.40. The van der Waals surface area contributed by atoms with Crippen LogP contribution < -0.4 is 15.2 Å². The summed E-state index contributed by atoms with van der Waals surface area (Å²) >= 11 is 0. The molecule has 0 aromatic heterocycles. The number of hydrogen-bond donors (Lipinski definition) is 2. The van der Waals surface area contributed by atoms with Gasteiger partial charge in [-0.2, -0.15) is 0 Å². The summed E-state index contributed by atoms with van der Waals surface area (Å²) in [5.41, 5.74) is 2.30. The lowest BCUT2D eigenvalue weighted by Crippen LogP contribution is -2.16. The second-order valence-corrected chi connectivity index (χ2v) is 7.84. The Kier molecular flexibility index (Phi) is 4.30. The maximum atomic E-state index is 12.7. The highest BCUT2D eigenvalue weighted by Gasteiger charge is 2.31. The summed E-state index contributed by atoms with van der Waals surface area (Å²) in [6.07, 6.45) is -0.00249. The molecule has 0 saturated carbocycles. The largest absolute Gasteiger partial charge is 0.489 e. The van der Waals surface area contributed by atoms with Crippen LogP contribution in [0.1, 0.15) is 41.3 Å². The number of para-hydroxylation sites is 1. The molecule has 0 fully saturated rings. The van der Waals surface area contributed by atoms with Crippen molar-refractivity contribution in [3.8, 4) is 5.75 Å². The number of carbonyl (C=O) groups is 1. The van der Waals surface area contributed by atoms with E-state index in [1.54, 1.807) is 25.1 Å². The summed E-state index contributed by atoms with van der Waals surface area (Å²) in [7, 11) is -3.86. The predicted octanol–water partition coefficient (Wildman–Crippen LogP) is 2.78. The summed E-state index contributed by atoms with van der Waals surface area (Å²) in [6, 6.07) is 10.1. The summed E-state index contributed by atoms with van der Waals surface area (Å²) < 4.78 is 29.1. The monoisotopic (exact) mass is 360 g/mol. The van der Waals surface area contributed by atoms with E-state index in [-0.39, 0.29) is 22.8 Å². The van der Waals surface area contributed by atoms with Gasteiger partial charge in [0.1, 0.15) is 11.9 Å². The number of primary sulfonamides is 1. The van der Waals surface area contributed by atoms with Crippen molar-refractivity contribution in [3.63, 3.8) is 0 Å². The second-order valence-electron chi connectivity index (χ2n) is 6.31. The molecule has 2 aromatic carbocycles. The average molecular weight is 360 g/mol. The van der Waals surface area contributed by atoms with E-state index in [0.29, 0.717) is 22.6 Å². The highest BCUT2D eigenvalue weighted by molar-refractivity contribution is 7.89. The van der Waals surface area contributed by atoms with Gasteiger partial charge >= 0.3 is 0 Å². The number of rotatable bonds is 3. The number of benzene rings is 2. The fraction of sp³-hybridized carbons (Fsp3) is 0.278. The van der Waals surface area contributed by atoms with Gasteiger partial charge in [-0.1, -0.05) is 25.1 Å².